The zero-order valence-corrected chi connectivity index (χ0v) is 15.0. The number of ether oxygens (including phenoxy) is 2. The van der Waals surface area contributed by atoms with Gasteiger partial charge in [0.1, 0.15) is 0 Å². The van der Waals surface area contributed by atoms with Crippen LogP contribution in [0.2, 0.25) is 0 Å². The second-order valence-corrected chi connectivity index (χ2v) is 6.77. The van der Waals surface area contributed by atoms with Crippen molar-refractivity contribution in [3.05, 3.63) is 47.9 Å². The summed E-state index contributed by atoms with van der Waals surface area (Å²) in [5.41, 5.74) is 1.10. The lowest BCUT2D eigenvalue weighted by atomic mass is 9.95. The Morgan fingerprint density at radius 2 is 1.93 bits per heavy atom. The molecular formula is C20H22N2O5. The number of nitrogens with one attached hydrogen (secondary N) is 1. The van der Waals surface area contributed by atoms with Gasteiger partial charge in [0.2, 0.25) is 12.7 Å². The van der Waals surface area contributed by atoms with E-state index in [2.05, 4.69) is 5.32 Å². The minimum absolute atomic E-state index is 0.0533. The first-order chi connectivity index (χ1) is 13.2. The van der Waals surface area contributed by atoms with E-state index >= 15 is 0 Å². The van der Waals surface area contributed by atoms with Gasteiger partial charge in [-0.15, -0.1) is 0 Å². The number of carbonyl (C=O) groups is 2. The standard InChI is InChI=1S/C20H22N2O5/c23-19(21-8-5-14-3-4-16-18(12-14)27-13-26-16)15-6-9-22(10-7-15)20(24)17-2-1-11-25-17/h1-4,11-12,15H,5-10,13H2,(H,21,23). The van der Waals surface area contributed by atoms with Crippen LogP contribution >= 0.6 is 0 Å². The van der Waals surface area contributed by atoms with Crippen LogP contribution < -0.4 is 14.8 Å². The Labute approximate surface area is 157 Å². The molecule has 0 spiro atoms. The SMILES string of the molecule is O=C(NCCc1ccc2c(c1)OCO2)C1CCN(C(=O)c2ccco2)CC1. The molecule has 0 radical (unpaired) electrons. The smallest absolute Gasteiger partial charge is 0.289 e. The molecule has 0 aliphatic carbocycles. The van der Waals surface area contributed by atoms with Gasteiger partial charge in [-0.1, -0.05) is 6.07 Å². The Morgan fingerprint density at radius 3 is 2.70 bits per heavy atom. The van der Waals surface area contributed by atoms with E-state index in [4.69, 9.17) is 13.9 Å². The van der Waals surface area contributed by atoms with Gasteiger partial charge >= 0.3 is 0 Å². The maximum Gasteiger partial charge on any atom is 0.289 e. The minimum atomic E-state index is -0.110. The summed E-state index contributed by atoms with van der Waals surface area (Å²) in [4.78, 5) is 26.4. The lowest BCUT2D eigenvalue weighted by Gasteiger charge is -2.30. The molecule has 1 aromatic carbocycles. The summed E-state index contributed by atoms with van der Waals surface area (Å²) in [6.07, 6.45) is 3.57. The predicted octanol–water partition coefficient (Wildman–Crippen LogP) is 2.22. The molecular weight excluding hydrogens is 348 g/mol. The van der Waals surface area contributed by atoms with E-state index in [1.165, 1.54) is 6.26 Å². The maximum absolute atomic E-state index is 12.4. The first-order valence-corrected chi connectivity index (χ1v) is 9.20. The van der Waals surface area contributed by atoms with Gasteiger partial charge in [-0.3, -0.25) is 9.59 Å². The number of fused-ring (bicyclic) bond motifs is 1. The third-order valence-corrected chi connectivity index (χ3v) is 5.03. The zero-order valence-electron chi connectivity index (χ0n) is 15.0. The summed E-state index contributed by atoms with van der Waals surface area (Å²) in [6, 6.07) is 9.20. The molecule has 0 unspecified atom stereocenters. The van der Waals surface area contributed by atoms with Crippen molar-refractivity contribution in [1.29, 1.82) is 0 Å². The van der Waals surface area contributed by atoms with Crippen molar-refractivity contribution in [1.82, 2.24) is 10.2 Å². The van der Waals surface area contributed by atoms with Gasteiger partial charge in [0.05, 0.1) is 6.26 Å². The molecule has 2 aliphatic heterocycles. The van der Waals surface area contributed by atoms with Crippen LogP contribution in [0, 0.1) is 5.92 Å². The minimum Gasteiger partial charge on any atom is -0.459 e. The number of benzene rings is 1. The molecule has 27 heavy (non-hydrogen) atoms. The first-order valence-electron chi connectivity index (χ1n) is 9.20. The van der Waals surface area contributed by atoms with E-state index in [0.29, 0.717) is 38.2 Å². The Hall–Kier alpha value is -2.96. The van der Waals surface area contributed by atoms with Crippen LogP contribution in [0.1, 0.15) is 29.0 Å². The highest BCUT2D eigenvalue weighted by Crippen LogP contribution is 2.32. The molecule has 2 amide bonds. The largest absolute Gasteiger partial charge is 0.459 e. The summed E-state index contributed by atoms with van der Waals surface area (Å²) in [5, 5.41) is 3.01. The van der Waals surface area contributed by atoms with Crippen LogP contribution in [0.4, 0.5) is 0 Å². The normalized spacial score (nSPS) is 16.4. The second kappa shape index (κ2) is 7.73. The fourth-order valence-electron chi connectivity index (χ4n) is 3.47. The molecule has 0 bridgehead atoms. The highest BCUT2D eigenvalue weighted by atomic mass is 16.7. The summed E-state index contributed by atoms with van der Waals surface area (Å²) in [6.45, 7) is 1.97. The predicted molar refractivity (Wildman–Crippen MR) is 96.6 cm³/mol. The van der Waals surface area contributed by atoms with E-state index in [0.717, 1.165) is 23.5 Å². The number of hydrogen-bond acceptors (Lipinski definition) is 5. The number of furan rings is 1. The molecule has 1 aromatic heterocycles. The van der Waals surface area contributed by atoms with Crippen LogP contribution in [0.15, 0.2) is 41.0 Å². The Bertz CT molecular complexity index is 810. The molecule has 1 N–H and O–H groups in total. The van der Waals surface area contributed by atoms with Crippen molar-refractivity contribution in [3.63, 3.8) is 0 Å². The zero-order chi connectivity index (χ0) is 18.6. The van der Waals surface area contributed by atoms with Crippen LogP contribution in [-0.4, -0.2) is 43.1 Å². The monoisotopic (exact) mass is 370 g/mol. The summed E-state index contributed by atoms with van der Waals surface area (Å²) in [7, 11) is 0. The van der Waals surface area contributed by atoms with Gasteiger partial charge in [0, 0.05) is 25.6 Å². The van der Waals surface area contributed by atoms with E-state index in [-0.39, 0.29) is 24.5 Å². The lowest BCUT2D eigenvalue weighted by Crippen LogP contribution is -2.43. The third kappa shape index (κ3) is 3.92. The molecule has 3 heterocycles. The summed E-state index contributed by atoms with van der Waals surface area (Å²) < 4.78 is 15.8. The number of nitrogens with zero attached hydrogens (tertiary/aromatic N) is 1. The first kappa shape index (κ1) is 17.5. The van der Waals surface area contributed by atoms with Gasteiger partial charge in [0.25, 0.3) is 5.91 Å². The van der Waals surface area contributed by atoms with Crippen LogP contribution in [-0.2, 0) is 11.2 Å². The number of piperidine rings is 1. The molecule has 2 aliphatic rings. The van der Waals surface area contributed by atoms with Crippen LogP contribution in [0.25, 0.3) is 0 Å². The lowest BCUT2D eigenvalue weighted by molar-refractivity contribution is -0.126. The van der Waals surface area contributed by atoms with Crippen molar-refractivity contribution in [3.8, 4) is 11.5 Å². The Kier molecular flexibility index (Phi) is 5.00. The molecule has 7 heteroatoms. The number of carbonyl (C=O) groups excluding carboxylic acids is 2. The van der Waals surface area contributed by atoms with Crippen LogP contribution in [0.5, 0.6) is 11.5 Å². The Morgan fingerprint density at radius 1 is 1.11 bits per heavy atom. The number of likely N-dealkylation sites (tertiary alicyclic amines) is 1. The quantitative estimate of drug-likeness (QED) is 0.873. The van der Waals surface area contributed by atoms with Crippen LogP contribution in [0.3, 0.4) is 0 Å². The van der Waals surface area contributed by atoms with Gasteiger partial charge in [-0.2, -0.15) is 0 Å². The van der Waals surface area contributed by atoms with Gasteiger partial charge in [0.15, 0.2) is 17.3 Å². The summed E-state index contributed by atoms with van der Waals surface area (Å²) >= 11 is 0. The topological polar surface area (TPSA) is 81.0 Å². The maximum atomic E-state index is 12.4. The molecule has 142 valence electrons. The van der Waals surface area contributed by atoms with Crippen molar-refractivity contribution in [2.45, 2.75) is 19.3 Å². The van der Waals surface area contributed by atoms with Crippen molar-refractivity contribution < 1.29 is 23.5 Å². The third-order valence-electron chi connectivity index (χ3n) is 5.03. The molecule has 0 atom stereocenters. The second-order valence-electron chi connectivity index (χ2n) is 6.77. The molecule has 4 rings (SSSR count). The van der Waals surface area contributed by atoms with Crippen molar-refractivity contribution >= 4 is 11.8 Å². The fraction of sp³-hybridized carbons (Fsp3) is 0.400. The van der Waals surface area contributed by atoms with Crippen molar-refractivity contribution in [2.24, 2.45) is 5.92 Å². The van der Waals surface area contributed by atoms with Gasteiger partial charge in [-0.25, -0.2) is 0 Å². The molecule has 1 fully saturated rings. The molecule has 7 nitrogen and oxygen atoms in total. The average molecular weight is 370 g/mol. The highest BCUT2D eigenvalue weighted by molar-refractivity contribution is 5.91. The van der Waals surface area contributed by atoms with Crippen molar-refractivity contribution in [2.75, 3.05) is 26.4 Å². The molecule has 1 saturated heterocycles. The Balaban J connectivity index is 1.21. The highest BCUT2D eigenvalue weighted by Gasteiger charge is 2.28. The van der Waals surface area contributed by atoms with E-state index in [9.17, 15) is 9.59 Å². The number of hydrogen-bond donors (Lipinski definition) is 1. The number of amides is 2. The molecule has 2 aromatic rings. The fourth-order valence-corrected chi connectivity index (χ4v) is 3.47. The summed E-state index contributed by atoms with van der Waals surface area (Å²) in [5.74, 6) is 1.76. The van der Waals surface area contributed by atoms with E-state index in [1.807, 2.05) is 18.2 Å². The van der Waals surface area contributed by atoms with E-state index in [1.54, 1.807) is 17.0 Å². The average Bonchev–Trinajstić information content (AvgIpc) is 3.39. The number of rotatable bonds is 5. The van der Waals surface area contributed by atoms with Gasteiger partial charge < -0.3 is 24.1 Å². The van der Waals surface area contributed by atoms with E-state index < -0.39 is 0 Å². The molecule has 0 saturated carbocycles. The van der Waals surface area contributed by atoms with Gasteiger partial charge in [-0.05, 0) is 49.1 Å².